The van der Waals surface area contributed by atoms with Crippen molar-refractivity contribution in [1.82, 2.24) is 14.8 Å². The van der Waals surface area contributed by atoms with Gasteiger partial charge in [-0.1, -0.05) is 54.4 Å². The summed E-state index contributed by atoms with van der Waals surface area (Å²) in [5.74, 6) is -0.962. The summed E-state index contributed by atoms with van der Waals surface area (Å²) < 4.78 is 19.1. The molecule has 0 spiro atoms. The predicted octanol–water partition coefficient (Wildman–Crippen LogP) is 6.49. The maximum Gasteiger partial charge on any atom is 0.269 e. The topological polar surface area (TPSA) is 122 Å². The number of nitro groups is 1. The molecule has 1 aromatic heterocycles. The Kier molecular flexibility index (Phi) is 10.9. The average molecular weight is 652 g/mol. The van der Waals surface area contributed by atoms with E-state index in [0.717, 1.165) is 23.1 Å². The summed E-state index contributed by atoms with van der Waals surface area (Å²) in [7, 11) is 0. The third-order valence-electron chi connectivity index (χ3n) is 6.39. The predicted molar refractivity (Wildman–Crippen MR) is 166 cm³/mol. The molecular weight excluding hydrogens is 622 g/mol. The zero-order chi connectivity index (χ0) is 30.3. The van der Waals surface area contributed by atoms with Crippen LogP contribution in [0, 0.1) is 10.1 Å². The fourth-order valence-corrected chi connectivity index (χ4v) is 6.99. The minimum absolute atomic E-state index is 0.0180. The van der Waals surface area contributed by atoms with Crippen molar-refractivity contribution < 1.29 is 23.8 Å². The van der Waals surface area contributed by atoms with E-state index in [1.165, 1.54) is 18.5 Å². The van der Waals surface area contributed by atoms with Crippen LogP contribution in [0.5, 0.6) is 0 Å². The quantitative estimate of drug-likeness (QED) is 0.123. The highest BCUT2D eigenvalue weighted by molar-refractivity contribution is 8.13. The Morgan fingerprint density at radius 3 is 2.52 bits per heavy atom. The van der Waals surface area contributed by atoms with Crippen LogP contribution in [0.25, 0.3) is 11.1 Å². The van der Waals surface area contributed by atoms with Crippen molar-refractivity contribution in [3.05, 3.63) is 105 Å². The van der Waals surface area contributed by atoms with E-state index in [1.807, 2.05) is 18.2 Å². The highest BCUT2D eigenvalue weighted by atomic mass is 35.5. The number of rotatable bonds is 9. The molecule has 3 aromatic carbocycles. The summed E-state index contributed by atoms with van der Waals surface area (Å²) in [5.41, 5.74) is 2.25. The van der Waals surface area contributed by atoms with Crippen molar-refractivity contribution in [1.29, 1.82) is 0 Å². The molecule has 0 radical (unpaired) electrons. The van der Waals surface area contributed by atoms with Crippen molar-refractivity contribution in [2.24, 2.45) is 0 Å². The molecule has 10 nitrogen and oxygen atoms in total. The Morgan fingerprint density at radius 1 is 1.19 bits per heavy atom. The zero-order valence-corrected chi connectivity index (χ0v) is 26.0. The highest BCUT2D eigenvalue weighted by Gasteiger charge is 2.44. The first-order valence-electron chi connectivity index (χ1n) is 13.0. The number of nitrogens with zero attached hydrogens (tertiary/aromatic N) is 4. The molecule has 0 amide bonds. The lowest BCUT2D eigenvalue weighted by Crippen LogP contribution is -2.34. The molecule has 1 aliphatic rings. The van der Waals surface area contributed by atoms with Crippen LogP contribution in [0.2, 0.25) is 10.0 Å². The largest absolute Gasteiger partial charge is 0.342 e. The summed E-state index contributed by atoms with van der Waals surface area (Å²) >= 11 is 17.5. The Morgan fingerprint density at radius 2 is 1.93 bits per heavy atom. The third-order valence-corrected chi connectivity index (χ3v) is 9.46. The molecule has 1 N–H and O–H groups in total. The van der Waals surface area contributed by atoms with E-state index in [9.17, 15) is 15.0 Å². The first-order valence-corrected chi connectivity index (χ1v) is 16.4. The van der Waals surface area contributed by atoms with E-state index in [1.54, 1.807) is 54.3 Å². The molecule has 14 heteroatoms. The molecule has 42 heavy (non-hydrogen) atoms. The van der Waals surface area contributed by atoms with Gasteiger partial charge in [0.25, 0.3) is 5.69 Å². The van der Waals surface area contributed by atoms with Crippen molar-refractivity contribution in [3.8, 4) is 11.1 Å². The van der Waals surface area contributed by atoms with Crippen molar-refractivity contribution in [3.63, 3.8) is 0 Å². The Balaban J connectivity index is 0.000000193. The summed E-state index contributed by atoms with van der Waals surface area (Å²) in [6.45, 7) is 1.97. The second-order valence-corrected chi connectivity index (χ2v) is 13.3. The molecular formula is C28H29Cl2N4O6PS. The Bertz CT molecular complexity index is 1560. The fourth-order valence-electron chi connectivity index (χ4n) is 4.37. The number of halogens is 2. The van der Waals surface area contributed by atoms with Gasteiger partial charge in [-0.05, 0) is 66.6 Å². The van der Waals surface area contributed by atoms with E-state index in [0.29, 0.717) is 35.1 Å². The van der Waals surface area contributed by atoms with E-state index >= 15 is 0 Å². The molecule has 0 bridgehead atoms. The summed E-state index contributed by atoms with van der Waals surface area (Å²) in [6.07, 6.45) is 3.99. The number of hydrogen-bond acceptors (Lipinski definition) is 8. The van der Waals surface area contributed by atoms with Gasteiger partial charge in [0.05, 0.1) is 29.3 Å². The number of non-ortho nitro benzene ring substituents is 1. The number of hydrogen-bond donors (Lipinski definition) is 1. The molecule has 222 valence electrons. The standard InChI is InChI=1S/C14H15Cl2N3O2.C14H14NO4PS/c1-2-11-6-20-14(21-11,7-19-9-17-8-18-19)12-4-3-10(15)5-13(12)16;1-2-19-20(18,21)14-6-4-3-5-13(14)11-7-9-12(10-8-11)15(16)17/h3-5,8-9,11H,2,6-7H2,1H3;3-10H,2H2,1H3,(H,18,21). The minimum atomic E-state index is -3.08. The van der Waals surface area contributed by atoms with Crippen LogP contribution < -0.4 is 5.30 Å². The lowest BCUT2D eigenvalue weighted by molar-refractivity contribution is -0.384. The number of nitro benzene ring substituents is 1. The van der Waals surface area contributed by atoms with Gasteiger partial charge in [-0.15, -0.1) is 0 Å². The average Bonchev–Trinajstić information content (AvgIpc) is 3.64. The van der Waals surface area contributed by atoms with Gasteiger partial charge in [-0.25, -0.2) is 9.67 Å². The third kappa shape index (κ3) is 7.61. The van der Waals surface area contributed by atoms with Crippen LogP contribution in [0.15, 0.2) is 79.4 Å². The fraction of sp³-hybridized carbons (Fsp3) is 0.286. The van der Waals surface area contributed by atoms with E-state index < -0.39 is 17.2 Å². The van der Waals surface area contributed by atoms with Crippen molar-refractivity contribution >= 4 is 52.5 Å². The Hall–Kier alpha value is -2.73. The van der Waals surface area contributed by atoms with E-state index in [-0.39, 0.29) is 11.8 Å². The molecule has 4 aromatic rings. The van der Waals surface area contributed by atoms with Crippen LogP contribution in [0.1, 0.15) is 25.8 Å². The van der Waals surface area contributed by atoms with Gasteiger partial charge < -0.3 is 18.9 Å². The van der Waals surface area contributed by atoms with Gasteiger partial charge in [-0.3, -0.25) is 10.1 Å². The smallest absolute Gasteiger partial charge is 0.269 e. The van der Waals surface area contributed by atoms with E-state index in [4.69, 9.17) is 49.0 Å². The summed E-state index contributed by atoms with van der Waals surface area (Å²) in [4.78, 5) is 24.6. The van der Waals surface area contributed by atoms with Gasteiger partial charge in [0, 0.05) is 28.0 Å². The molecule has 0 saturated carbocycles. The number of ether oxygens (including phenoxy) is 2. The molecule has 5 rings (SSSR count). The summed E-state index contributed by atoms with van der Waals surface area (Å²) in [5, 5.41) is 16.5. The molecule has 1 aliphatic heterocycles. The molecule has 1 fully saturated rings. The molecule has 0 aliphatic carbocycles. The van der Waals surface area contributed by atoms with Crippen molar-refractivity contribution in [2.45, 2.75) is 38.7 Å². The zero-order valence-electron chi connectivity index (χ0n) is 22.8. The maximum absolute atomic E-state index is 10.7. The monoisotopic (exact) mass is 650 g/mol. The lowest BCUT2D eigenvalue weighted by Gasteiger charge is -2.29. The second-order valence-electron chi connectivity index (χ2n) is 9.19. The van der Waals surface area contributed by atoms with Crippen LogP contribution in [0.4, 0.5) is 5.69 Å². The van der Waals surface area contributed by atoms with Crippen LogP contribution in [-0.4, -0.2) is 43.9 Å². The molecule has 2 heterocycles. The number of benzene rings is 3. The second kappa shape index (κ2) is 14.2. The highest BCUT2D eigenvalue weighted by Crippen LogP contribution is 2.44. The van der Waals surface area contributed by atoms with Gasteiger partial charge in [-0.2, -0.15) is 5.10 Å². The normalized spacial score (nSPS) is 19.5. The van der Waals surface area contributed by atoms with E-state index in [2.05, 4.69) is 17.0 Å². The van der Waals surface area contributed by atoms with Gasteiger partial charge in [0.1, 0.15) is 19.2 Å². The van der Waals surface area contributed by atoms with Crippen LogP contribution >= 0.6 is 29.7 Å². The Labute approximate surface area is 258 Å². The van der Waals surface area contributed by atoms with Crippen LogP contribution in [-0.2, 0) is 38.1 Å². The minimum Gasteiger partial charge on any atom is -0.342 e. The van der Waals surface area contributed by atoms with Crippen LogP contribution in [0.3, 0.4) is 0 Å². The van der Waals surface area contributed by atoms with Gasteiger partial charge >= 0.3 is 0 Å². The summed E-state index contributed by atoms with van der Waals surface area (Å²) in [6, 6.07) is 18.6. The molecule has 3 atom stereocenters. The van der Waals surface area contributed by atoms with Gasteiger partial charge in [0.2, 0.25) is 12.3 Å². The molecule has 1 saturated heterocycles. The molecule has 3 unspecified atom stereocenters. The first kappa shape index (κ1) is 32.2. The van der Waals surface area contributed by atoms with Crippen molar-refractivity contribution in [2.75, 3.05) is 13.2 Å². The SMILES string of the molecule is CCC1COC(Cn2cncn2)(c2ccc(Cl)cc2Cl)O1.CCOP(O)(=S)c1ccccc1-c1ccc([N+](=O)[O-])cc1. The van der Waals surface area contributed by atoms with Gasteiger partial charge in [0.15, 0.2) is 0 Å². The maximum atomic E-state index is 10.7. The number of aromatic nitrogens is 3. The first-order chi connectivity index (χ1) is 20.1. The lowest BCUT2D eigenvalue weighted by atomic mass is 10.1.